The van der Waals surface area contributed by atoms with Crippen LogP contribution in [0.3, 0.4) is 0 Å². The SMILES string of the molecule is O=C(c1[nH]c2ccc(F)c(Cl)c2c1F)N1CCN(C(=O)[C@@H]2CCN2)CC1. The molecule has 2 saturated heterocycles. The fraction of sp³-hybridized carbons (Fsp3) is 0.412. The van der Waals surface area contributed by atoms with Crippen LogP contribution in [-0.4, -0.2) is 65.4 Å². The second kappa shape index (κ2) is 6.51. The van der Waals surface area contributed by atoms with E-state index in [9.17, 15) is 18.4 Å². The summed E-state index contributed by atoms with van der Waals surface area (Å²) in [6.45, 7) is 2.28. The molecule has 2 N–H and O–H groups in total. The number of carbonyl (C=O) groups is 2. The minimum absolute atomic E-state index is 0.0439. The summed E-state index contributed by atoms with van der Waals surface area (Å²) in [5.41, 5.74) is 0.0232. The van der Waals surface area contributed by atoms with E-state index in [1.807, 2.05) is 0 Å². The predicted molar refractivity (Wildman–Crippen MR) is 92.1 cm³/mol. The molecule has 0 saturated carbocycles. The summed E-state index contributed by atoms with van der Waals surface area (Å²) >= 11 is 5.83. The number of aromatic nitrogens is 1. The lowest BCUT2D eigenvalue weighted by Gasteiger charge is -2.38. The first kappa shape index (κ1) is 17.2. The summed E-state index contributed by atoms with van der Waals surface area (Å²) in [7, 11) is 0. The maximum atomic E-state index is 14.6. The Bertz CT molecular complexity index is 889. The molecular weight excluding hydrogens is 366 g/mol. The van der Waals surface area contributed by atoms with Crippen LogP contribution in [0, 0.1) is 11.6 Å². The molecule has 4 rings (SSSR count). The fourth-order valence-corrected chi connectivity index (χ4v) is 3.59. The lowest BCUT2D eigenvalue weighted by Crippen LogP contribution is -2.59. The van der Waals surface area contributed by atoms with Gasteiger partial charge in [-0.3, -0.25) is 9.59 Å². The van der Waals surface area contributed by atoms with E-state index >= 15 is 0 Å². The first-order chi connectivity index (χ1) is 12.5. The number of hydrogen-bond acceptors (Lipinski definition) is 3. The Morgan fingerprint density at radius 1 is 1.12 bits per heavy atom. The van der Waals surface area contributed by atoms with Crippen LogP contribution in [0.25, 0.3) is 10.9 Å². The fourth-order valence-electron chi connectivity index (χ4n) is 3.34. The number of piperazine rings is 1. The van der Waals surface area contributed by atoms with Crippen LogP contribution in [0.4, 0.5) is 8.78 Å². The Balaban J connectivity index is 1.50. The molecule has 26 heavy (non-hydrogen) atoms. The molecule has 9 heteroatoms. The van der Waals surface area contributed by atoms with Crippen molar-refractivity contribution < 1.29 is 18.4 Å². The third kappa shape index (κ3) is 2.73. The van der Waals surface area contributed by atoms with Crippen molar-refractivity contribution in [3.63, 3.8) is 0 Å². The number of amides is 2. The van der Waals surface area contributed by atoms with E-state index in [2.05, 4.69) is 10.3 Å². The average Bonchev–Trinajstić information content (AvgIpc) is 2.93. The zero-order chi connectivity index (χ0) is 18.4. The van der Waals surface area contributed by atoms with Gasteiger partial charge in [0.25, 0.3) is 5.91 Å². The molecule has 0 spiro atoms. The third-order valence-corrected chi connectivity index (χ3v) is 5.38. The van der Waals surface area contributed by atoms with Gasteiger partial charge in [0.1, 0.15) is 11.5 Å². The molecule has 6 nitrogen and oxygen atoms in total. The predicted octanol–water partition coefficient (Wildman–Crippen LogP) is 1.75. The lowest BCUT2D eigenvalue weighted by molar-refractivity contribution is -0.136. The minimum Gasteiger partial charge on any atom is -0.348 e. The maximum absolute atomic E-state index is 14.6. The lowest BCUT2D eigenvalue weighted by atomic mass is 10.1. The van der Waals surface area contributed by atoms with Gasteiger partial charge < -0.3 is 20.1 Å². The molecule has 2 amide bonds. The third-order valence-electron chi connectivity index (χ3n) is 5.01. The van der Waals surface area contributed by atoms with Crippen LogP contribution in [0.1, 0.15) is 16.9 Å². The van der Waals surface area contributed by atoms with Gasteiger partial charge in [-0.05, 0) is 25.1 Å². The smallest absolute Gasteiger partial charge is 0.273 e. The molecule has 0 unspecified atom stereocenters. The van der Waals surface area contributed by atoms with Crippen molar-refractivity contribution in [3.8, 4) is 0 Å². The number of nitrogens with one attached hydrogen (secondary N) is 2. The zero-order valence-corrected chi connectivity index (χ0v) is 14.6. The minimum atomic E-state index is -0.855. The Hall–Kier alpha value is -2.19. The van der Waals surface area contributed by atoms with Gasteiger partial charge in [0, 0.05) is 26.2 Å². The van der Waals surface area contributed by atoms with Crippen molar-refractivity contribution >= 4 is 34.3 Å². The van der Waals surface area contributed by atoms with Crippen molar-refractivity contribution in [2.75, 3.05) is 32.7 Å². The number of benzene rings is 1. The second-order valence-corrected chi connectivity index (χ2v) is 6.89. The summed E-state index contributed by atoms with van der Waals surface area (Å²) in [6.07, 6.45) is 0.829. The standard InChI is InChI=1S/C17H17ClF2N4O2/c18-13-9(19)1-2-10-12(13)14(20)15(22-10)17(26)24-7-5-23(6-8-24)16(25)11-3-4-21-11/h1-2,11,21-22H,3-8H2/t11-/m0/s1. The van der Waals surface area contributed by atoms with Gasteiger partial charge in [-0.25, -0.2) is 8.78 Å². The largest absolute Gasteiger partial charge is 0.348 e. The highest BCUT2D eigenvalue weighted by molar-refractivity contribution is 6.35. The van der Waals surface area contributed by atoms with E-state index < -0.39 is 17.5 Å². The van der Waals surface area contributed by atoms with Crippen molar-refractivity contribution in [3.05, 3.63) is 34.5 Å². The number of nitrogens with zero attached hydrogens (tertiary/aromatic N) is 2. The van der Waals surface area contributed by atoms with Crippen LogP contribution in [0.15, 0.2) is 12.1 Å². The van der Waals surface area contributed by atoms with Crippen molar-refractivity contribution in [2.45, 2.75) is 12.5 Å². The summed E-state index contributed by atoms with van der Waals surface area (Å²) in [4.78, 5) is 30.8. The molecule has 3 heterocycles. The monoisotopic (exact) mass is 382 g/mol. The molecule has 2 aliphatic rings. The van der Waals surface area contributed by atoms with Crippen LogP contribution >= 0.6 is 11.6 Å². The number of halogens is 3. The number of aromatic amines is 1. The number of rotatable bonds is 2. The first-order valence-corrected chi connectivity index (χ1v) is 8.82. The maximum Gasteiger partial charge on any atom is 0.273 e. The van der Waals surface area contributed by atoms with Crippen LogP contribution < -0.4 is 5.32 Å². The molecule has 1 aromatic heterocycles. The number of fused-ring (bicyclic) bond motifs is 1. The zero-order valence-electron chi connectivity index (χ0n) is 13.8. The first-order valence-electron chi connectivity index (χ1n) is 8.44. The van der Waals surface area contributed by atoms with Crippen molar-refractivity contribution in [1.82, 2.24) is 20.1 Å². The van der Waals surface area contributed by atoms with E-state index in [0.717, 1.165) is 19.0 Å². The van der Waals surface area contributed by atoms with Crippen LogP contribution in [0.2, 0.25) is 5.02 Å². The Morgan fingerprint density at radius 3 is 2.38 bits per heavy atom. The highest BCUT2D eigenvalue weighted by Gasteiger charge is 2.33. The van der Waals surface area contributed by atoms with Crippen LogP contribution in [0.5, 0.6) is 0 Å². The quantitative estimate of drug-likeness (QED) is 0.831. The topological polar surface area (TPSA) is 68.4 Å². The molecule has 2 fully saturated rings. The number of carbonyl (C=O) groups excluding carboxylic acids is 2. The van der Waals surface area contributed by atoms with E-state index in [0.29, 0.717) is 26.2 Å². The summed E-state index contributed by atoms with van der Waals surface area (Å²) < 4.78 is 28.2. The summed E-state index contributed by atoms with van der Waals surface area (Å²) in [5, 5.41) is 2.59. The Labute approximate surface area is 153 Å². The normalized spacial score (nSPS) is 20.3. The van der Waals surface area contributed by atoms with Gasteiger partial charge in [0.05, 0.1) is 22.0 Å². The molecule has 0 radical (unpaired) electrons. The van der Waals surface area contributed by atoms with Gasteiger partial charge in [-0.1, -0.05) is 11.6 Å². The molecule has 2 aromatic rings. The van der Waals surface area contributed by atoms with Gasteiger partial charge in [-0.2, -0.15) is 0 Å². The summed E-state index contributed by atoms with van der Waals surface area (Å²) in [6, 6.07) is 2.34. The highest BCUT2D eigenvalue weighted by Crippen LogP contribution is 2.31. The van der Waals surface area contributed by atoms with Gasteiger partial charge >= 0.3 is 0 Å². The van der Waals surface area contributed by atoms with Crippen molar-refractivity contribution in [1.29, 1.82) is 0 Å². The van der Waals surface area contributed by atoms with E-state index in [1.165, 1.54) is 11.0 Å². The Morgan fingerprint density at radius 2 is 1.77 bits per heavy atom. The van der Waals surface area contributed by atoms with Gasteiger partial charge in [0.2, 0.25) is 5.91 Å². The molecule has 138 valence electrons. The molecule has 2 aliphatic heterocycles. The molecule has 0 bridgehead atoms. The highest BCUT2D eigenvalue weighted by atomic mass is 35.5. The number of H-pyrrole nitrogens is 1. The van der Waals surface area contributed by atoms with E-state index in [-0.39, 0.29) is 33.6 Å². The molecular formula is C17H17ClF2N4O2. The molecule has 1 aromatic carbocycles. The molecule has 0 aliphatic carbocycles. The van der Waals surface area contributed by atoms with Crippen LogP contribution in [-0.2, 0) is 4.79 Å². The van der Waals surface area contributed by atoms with E-state index in [4.69, 9.17) is 11.6 Å². The second-order valence-electron chi connectivity index (χ2n) is 6.51. The van der Waals surface area contributed by atoms with Crippen molar-refractivity contribution in [2.24, 2.45) is 0 Å². The summed E-state index contributed by atoms with van der Waals surface area (Å²) in [5.74, 6) is -2.08. The van der Waals surface area contributed by atoms with E-state index in [1.54, 1.807) is 4.90 Å². The number of hydrogen-bond donors (Lipinski definition) is 2. The molecule has 1 atom stereocenters. The Kier molecular flexibility index (Phi) is 4.32. The van der Waals surface area contributed by atoms with Gasteiger partial charge in [0.15, 0.2) is 5.82 Å². The average molecular weight is 383 g/mol. The van der Waals surface area contributed by atoms with Gasteiger partial charge in [-0.15, -0.1) is 0 Å².